The molecule has 0 saturated carbocycles. The van der Waals surface area contributed by atoms with Crippen LogP contribution in [0.2, 0.25) is 0 Å². The summed E-state index contributed by atoms with van der Waals surface area (Å²) in [5.41, 5.74) is 0.636. The van der Waals surface area contributed by atoms with Gasteiger partial charge in [0, 0.05) is 17.1 Å². The maximum Gasteiger partial charge on any atom is 0.325 e. The molecule has 0 amide bonds. The Labute approximate surface area is 102 Å². The number of nitrogens with zero attached hydrogens (tertiary/aromatic N) is 2. The van der Waals surface area contributed by atoms with Gasteiger partial charge >= 0.3 is 5.97 Å². The van der Waals surface area contributed by atoms with Crippen molar-refractivity contribution in [2.45, 2.75) is 12.6 Å². The molecule has 6 heteroatoms. The summed E-state index contributed by atoms with van der Waals surface area (Å²) in [5.74, 6) is -0.898. The summed E-state index contributed by atoms with van der Waals surface area (Å²) in [4.78, 5) is 17.1. The molecule has 5 nitrogen and oxygen atoms in total. The van der Waals surface area contributed by atoms with Crippen molar-refractivity contribution in [2.24, 2.45) is 0 Å². The van der Waals surface area contributed by atoms with Crippen molar-refractivity contribution in [3.05, 3.63) is 40.7 Å². The van der Waals surface area contributed by atoms with Gasteiger partial charge in [-0.1, -0.05) is 0 Å². The Morgan fingerprint density at radius 2 is 2.53 bits per heavy atom. The van der Waals surface area contributed by atoms with E-state index in [1.807, 2.05) is 5.38 Å². The van der Waals surface area contributed by atoms with Gasteiger partial charge in [-0.2, -0.15) is 0 Å². The lowest BCUT2D eigenvalue weighted by molar-refractivity contribution is -0.143. The number of carbonyl (C=O) groups is 1. The number of carboxylic acids is 1. The number of aliphatic carboxylic acids is 1. The van der Waals surface area contributed by atoms with E-state index in [-0.39, 0.29) is 0 Å². The first-order valence-electron chi connectivity index (χ1n) is 5.02. The van der Waals surface area contributed by atoms with Crippen molar-refractivity contribution < 1.29 is 14.3 Å². The number of likely N-dealkylation sites (N-methyl/N-ethyl adjacent to an activating group) is 1. The van der Waals surface area contributed by atoms with Gasteiger partial charge in [0.15, 0.2) is 0 Å². The van der Waals surface area contributed by atoms with E-state index in [4.69, 9.17) is 4.42 Å². The minimum atomic E-state index is -0.898. The van der Waals surface area contributed by atoms with E-state index in [2.05, 4.69) is 4.98 Å². The van der Waals surface area contributed by atoms with E-state index in [0.717, 1.165) is 5.01 Å². The Morgan fingerprint density at radius 1 is 1.71 bits per heavy atom. The van der Waals surface area contributed by atoms with Crippen LogP contribution in [0.3, 0.4) is 0 Å². The molecule has 0 aliphatic heterocycles. The minimum absolute atomic E-state index is 0.500. The predicted octanol–water partition coefficient (Wildman–Crippen LogP) is 1.99. The fourth-order valence-corrected chi connectivity index (χ4v) is 2.33. The van der Waals surface area contributed by atoms with Crippen LogP contribution in [-0.2, 0) is 11.3 Å². The standard InChI is InChI=1S/C11H12N2O3S/c1-13(6-9-12-3-5-17-9)10(11(14)15)8-2-4-16-7-8/h2-5,7,10H,6H2,1H3,(H,14,15)/t10-/m1/s1. The Kier molecular flexibility index (Phi) is 3.55. The van der Waals surface area contributed by atoms with Crippen LogP contribution in [0.4, 0.5) is 0 Å². The van der Waals surface area contributed by atoms with E-state index >= 15 is 0 Å². The van der Waals surface area contributed by atoms with Crippen molar-refractivity contribution in [3.63, 3.8) is 0 Å². The molecule has 0 unspecified atom stereocenters. The van der Waals surface area contributed by atoms with Gasteiger partial charge in [0.05, 0.1) is 19.1 Å². The van der Waals surface area contributed by atoms with Crippen LogP contribution in [-0.4, -0.2) is 28.0 Å². The van der Waals surface area contributed by atoms with Crippen LogP contribution >= 0.6 is 11.3 Å². The fraction of sp³-hybridized carbons (Fsp3) is 0.273. The molecule has 2 aromatic rings. The number of hydrogen-bond acceptors (Lipinski definition) is 5. The zero-order valence-electron chi connectivity index (χ0n) is 9.24. The van der Waals surface area contributed by atoms with Crippen molar-refractivity contribution in [3.8, 4) is 0 Å². The first-order valence-corrected chi connectivity index (χ1v) is 5.90. The predicted molar refractivity (Wildman–Crippen MR) is 62.7 cm³/mol. The number of thiazole rings is 1. The van der Waals surface area contributed by atoms with Gasteiger partial charge in [0.2, 0.25) is 0 Å². The highest BCUT2D eigenvalue weighted by Crippen LogP contribution is 2.22. The molecule has 2 rings (SSSR count). The third-order valence-electron chi connectivity index (χ3n) is 2.40. The molecule has 0 radical (unpaired) electrons. The molecule has 1 N–H and O–H groups in total. The normalized spacial score (nSPS) is 12.8. The smallest absolute Gasteiger partial charge is 0.325 e. The quantitative estimate of drug-likeness (QED) is 0.881. The number of aromatic nitrogens is 1. The third kappa shape index (κ3) is 2.72. The summed E-state index contributed by atoms with van der Waals surface area (Å²) in [7, 11) is 1.76. The van der Waals surface area contributed by atoms with Crippen molar-refractivity contribution in [2.75, 3.05) is 7.05 Å². The van der Waals surface area contributed by atoms with Gasteiger partial charge in [0.25, 0.3) is 0 Å². The van der Waals surface area contributed by atoms with E-state index < -0.39 is 12.0 Å². The molecule has 17 heavy (non-hydrogen) atoms. The summed E-state index contributed by atoms with van der Waals surface area (Å²) >= 11 is 1.51. The lowest BCUT2D eigenvalue weighted by Gasteiger charge is -2.22. The Bertz CT molecular complexity index is 467. The maximum atomic E-state index is 11.3. The number of rotatable bonds is 5. The molecule has 2 heterocycles. The molecule has 0 aliphatic rings. The highest BCUT2D eigenvalue weighted by molar-refractivity contribution is 7.09. The van der Waals surface area contributed by atoms with Gasteiger partial charge in [-0.3, -0.25) is 9.69 Å². The molecule has 0 bridgehead atoms. The average Bonchev–Trinajstić information content (AvgIpc) is 2.89. The Morgan fingerprint density at radius 3 is 3.06 bits per heavy atom. The number of hydrogen-bond donors (Lipinski definition) is 1. The van der Waals surface area contributed by atoms with E-state index in [9.17, 15) is 9.90 Å². The van der Waals surface area contributed by atoms with Gasteiger partial charge in [0.1, 0.15) is 11.0 Å². The Hall–Kier alpha value is -1.66. The van der Waals surface area contributed by atoms with Crippen LogP contribution in [0.1, 0.15) is 16.6 Å². The van der Waals surface area contributed by atoms with Crippen molar-refractivity contribution >= 4 is 17.3 Å². The minimum Gasteiger partial charge on any atom is -0.480 e. The monoisotopic (exact) mass is 252 g/mol. The lowest BCUT2D eigenvalue weighted by atomic mass is 10.1. The second kappa shape index (κ2) is 5.11. The van der Waals surface area contributed by atoms with Gasteiger partial charge in [-0.15, -0.1) is 11.3 Å². The van der Waals surface area contributed by atoms with E-state index in [0.29, 0.717) is 12.1 Å². The number of furan rings is 1. The highest BCUT2D eigenvalue weighted by atomic mass is 32.1. The molecular formula is C11H12N2O3S. The summed E-state index contributed by atoms with van der Waals surface area (Å²) < 4.78 is 4.93. The maximum absolute atomic E-state index is 11.3. The zero-order chi connectivity index (χ0) is 12.3. The summed E-state index contributed by atoms with van der Waals surface area (Å²) in [6.45, 7) is 0.500. The fourth-order valence-electron chi connectivity index (χ4n) is 1.65. The first-order chi connectivity index (χ1) is 8.18. The first kappa shape index (κ1) is 11.8. The zero-order valence-corrected chi connectivity index (χ0v) is 10.1. The second-order valence-corrected chi connectivity index (χ2v) is 4.62. The molecule has 0 fully saturated rings. The topological polar surface area (TPSA) is 66.6 Å². The van der Waals surface area contributed by atoms with Crippen LogP contribution in [0.15, 0.2) is 34.6 Å². The summed E-state index contributed by atoms with van der Waals surface area (Å²) in [6, 6.07) is 0.953. The van der Waals surface area contributed by atoms with Gasteiger partial charge < -0.3 is 9.52 Å². The Balaban J connectivity index is 2.14. The molecule has 1 atom stereocenters. The summed E-state index contributed by atoms with van der Waals surface area (Å²) in [5, 5.41) is 12.0. The molecule has 90 valence electrons. The van der Waals surface area contributed by atoms with E-state index in [1.165, 1.54) is 23.9 Å². The van der Waals surface area contributed by atoms with E-state index in [1.54, 1.807) is 24.2 Å². The lowest BCUT2D eigenvalue weighted by Crippen LogP contribution is -2.30. The number of carboxylic acid groups (broad SMARTS) is 1. The molecular weight excluding hydrogens is 240 g/mol. The van der Waals surface area contributed by atoms with Gasteiger partial charge in [-0.05, 0) is 13.1 Å². The van der Waals surface area contributed by atoms with Crippen molar-refractivity contribution in [1.29, 1.82) is 0 Å². The highest BCUT2D eigenvalue weighted by Gasteiger charge is 2.26. The molecule has 2 aromatic heterocycles. The second-order valence-electron chi connectivity index (χ2n) is 3.64. The molecule has 0 spiro atoms. The van der Waals surface area contributed by atoms with Crippen LogP contribution in [0.5, 0.6) is 0 Å². The largest absolute Gasteiger partial charge is 0.480 e. The molecule has 0 saturated heterocycles. The summed E-state index contributed by atoms with van der Waals surface area (Å²) in [6.07, 6.45) is 4.64. The van der Waals surface area contributed by atoms with Gasteiger partial charge in [-0.25, -0.2) is 4.98 Å². The van der Waals surface area contributed by atoms with Crippen LogP contribution in [0, 0.1) is 0 Å². The molecule has 0 aromatic carbocycles. The van der Waals surface area contributed by atoms with Crippen LogP contribution < -0.4 is 0 Å². The SMILES string of the molecule is CN(Cc1nccs1)[C@@H](C(=O)O)c1ccoc1. The van der Waals surface area contributed by atoms with Crippen LogP contribution in [0.25, 0.3) is 0 Å². The molecule has 0 aliphatic carbocycles. The third-order valence-corrected chi connectivity index (χ3v) is 3.17. The van der Waals surface area contributed by atoms with Crippen molar-refractivity contribution in [1.82, 2.24) is 9.88 Å². The average molecular weight is 252 g/mol.